The first-order valence-corrected chi connectivity index (χ1v) is 5.14. The molecule has 0 aromatic carbocycles. The number of aliphatic hydroxyl groups excluding tert-OH is 2. The van der Waals surface area contributed by atoms with Crippen LogP contribution in [-0.2, 0) is 4.79 Å². The van der Waals surface area contributed by atoms with Crippen LogP contribution in [-0.4, -0.2) is 46.3 Å². The van der Waals surface area contributed by atoms with Crippen molar-refractivity contribution < 1.29 is 15.0 Å². The van der Waals surface area contributed by atoms with E-state index in [1.807, 2.05) is 0 Å². The highest BCUT2D eigenvalue weighted by atomic mass is 16.3. The number of hydrogen-bond acceptors (Lipinski definition) is 3. The molecule has 2 unspecified atom stereocenters. The molecule has 0 saturated carbocycles. The fraction of sp³-hybridized carbons (Fsp3) is 0.900. The van der Waals surface area contributed by atoms with Crippen molar-refractivity contribution in [3.05, 3.63) is 0 Å². The number of carbonyl (C=O) groups is 1. The second-order valence-electron chi connectivity index (χ2n) is 4.37. The zero-order valence-electron chi connectivity index (χ0n) is 8.81. The molecule has 1 amide bonds. The predicted molar refractivity (Wildman–Crippen MR) is 52.7 cm³/mol. The highest BCUT2D eigenvalue weighted by molar-refractivity contribution is 5.76. The second-order valence-corrected chi connectivity index (χ2v) is 4.37. The summed E-state index contributed by atoms with van der Waals surface area (Å²) in [5, 5.41) is 18.5. The third kappa shape index (κ3) is 2.96. The molecule has 0 spiro atoms. The van der Waals surface area contributed by atoms with Crippen LogP contribution in [0, 0.1) is 5.92 Å². The molecule has 0 aliphatic carbocycles. The van der Waals surface area contributed by atoms with Crippen molar-refractivity contribution in [2.75, 3.05) is 13.1 Å². The van der Waals surface area contributed by atoms with E-state index in [1.54, 1.807) is 0 Å². The van der Waals surface area contributed by atoms with Gasteiger partial charge in [-0.25, -0.2) is 0 Å². The number of aliphatic hydroxyl groups is 2. The van der Waals surface area contributed by atoms with Gasteiger partial charge in [-0.2, -0.15) is 0 Å². The van der Waals surface area contributed by atoms with Crippen LogP contribution in [0.3, 0.4) is 0 Å². The van der Waals surface area contributed by atoms with Gasteiger partial charge in [0, 0.05) is 19.5 Å². The summed E-state index contributed by atoms with van der Waals surface area (Å²) in [5.41, 5.74) is 0. The molecule has 82 valence electrons. The molecule has 0 bridgehead atoms. The van der Waals surface area contributed by atoms with Crippen LogP contribution in [0.4, 0.5) is 0 Å². The number of amides is 1. The molecule has 0 radical (unpaired) electrons. The zero-order chi connectivity index (χ0) is 10.7. The monoisotopic (exact) mass is 201 g/mol. The smallest absolute Gasteiger partial charge is 0.222 e. The lowest BCUT2D eigenvalue weighted by Crippen LogP contribution is -2.29. The number of carbonyl (C=O) groups excluding carboxylic acids is 1. The average molecular weight is 201 g/mol. The molecule has 1 heterocycles. The highest BCUT2D eigenvalue weighted by Crippen LogP contribution is 2.13. The van der Waals surface area contributed by atoms with Crippen LogP contribution >= 0.6 is 0 Å². The van der Waals surface area contributed by atoms with Crippen molar-refractivity contribution in [2.45, 2.75) is 38.9 Å². The Morgan fingerprint density at radius 1 is 1.36 bits per heavy atom. The molecule has 2 N–H and O–H groups in total. The lowest BCUT2D eigenvalue weighted by molar-refractivity contribution is -0.131. The van der Waals surface area contributed by atoms with Gasteiger partial charge in [-0.3, -0.25) is 4.79 Å². The molecule has 2 atom stereocenters. The van der Waals surface area contributed by atoms with E-state index in [4.69, 9.17) is 0 Å². The highest BCUT2D eigenvalue weighted by Gasteiger charge is 2.31. The van der Waals surface area contributed by atoms with Crippen molar-refractivity contribution in [3.63, 3.8) is 0 Å². The standard InChI is InChI=1S/C10H19NO3/c1-7(2)3-4-10(14)11-5-8(12)9(13)6-11/h7-9,12-13H,3-6H2,1-2H3. The molecule has 1 fully saturated rings. The Balaban J connectivity index is 2.32. The minimum absolute atomic E-state index is 0.0364. The fourth-order valence-corrected chi connectivity index (χ4v) is 1.54. The van der Waals surface area contributed by atoms with Crippen molar-refractivity contribution in [2.24, 2.45) is 5.92 Å². The van der Waals surface area contributed by atoms with Crippen LogP contribution in [0.1, 0.15) is 26.7 Å². The van der Waals surface area contributed by atoms with Crippen molar-refractivity contribution in [1.82, 2.24) is 4.90 Å². The van der Waals surface area contributed by atoms with Crippen molar-refractivity contribution in [1.29, 1.82) is 0 Å². The normalized spacial score (nSPS) is 27.4. The number of β-amino-alcohol motifs (C(OH)–C–C–N with tert-alkyl or cyclic N) is 2. The summed E-state index contributed by atoms with van der Waals surface area (Å²) in [4.78, 5) is 13.1. The van der Waals surface area contributed by atoms with Crippen LogP contribution in [0.15, 0.2) is 0 Å². The van der Waals surface area contributed by atoms with Gasteiger partial charge in [-0.05, 0) is 12.3 Å². The molecule has 1 rings (SSSR count). The minimum Gasteiger partial charge on any atom is -0.388 e. The number of nitrogens with zero attached hydrogens (tertiary/aromatic N) is 1. The van der Waals surface area contributed by atoms with Crippen LogP contribution in [0.5, 0.6) is 0 Å². The molecular formula is C10H19NO3. The molecule has 1 aliphatic rings. The summed E-state index contributed by atoms with van der Waals surface area (Å²) in [6.45, 7) is 4.69. The van der Waals surface area contributed by atoms with E-state index < -0.39 is 12.2 Å². The van der Waals surface area contributed by atoms with Gasteiger partial charge >= 0.3 is 0 Å². The van der Waals surface area contributed by atoms with Gasteiger partial charge in [0.2, 0.25) is 5.91 Å². The van der Waals surface area contributed by atoms with Gasteiger partial charge in [0.15, 0.2) is 0 Å². The molecule has 0 aromatic heterocycles. The van der Waals surface area contributed by atoms with E-state index in [0.717, 1.165) is 6.42 Å². The maximum Gasteiger partial charge on any atom is 0.222 e. The Kier molecular flexibility index (Phi) is 3.89. The molecule has 1 aliphatic heterocycles. The maximum atomic E-state index is 11.5. The Hall–Kier alpha value is -0.610. The number of rotatable bonds is 3. The van der Waals surface area contributed by atoms with Gasteiger partial charge < -0.3 is 15.1 Å². The fourth-order valence-electron chi connectivity index (χ4n) is 1.54. The zero-order valence-corrected chi connectivity index (χ0v) is 8.81. The van der Waals surface area contributed by atoms with Crippen molar-refractivity contribution >= 4 is 5.91 Å². The molecule has 14 heavy (non-hydrogen) atoms. The molecular weight excluding hydrogens is 182 g/mol. The first-order chi connectivity index (χ1) is 6.50. The van der Waals surface area contributed by atoms with Gasteiger partial charge in [-0.15, -0.1) is 0 Å². The summed E-state index contributed by atoms with van der Waals surface area (Å²) in [6, 6.07) is 0. The third-order valence-corrected chi connectivity index (χ3v) is 2.55. The van der Waals surface area contributed by atoms with Gasteiger partial charge in [0.25, 0.3) is 0 Å². The minimum atomic E-state index is -0.766. The lowest BCUT2D eigenvalue weighted by Gasteiger charge is -2.15. The number of likely N-dealkylation sites (tertiary alicyclic amines) is 1. The Morgan fingerprint density at radius 2 is 1.86 bits per heavy atom. The van der Waals surface area contributed by atoms with Gasteiger partial charge in [-0.1, -0.05) is 13.8 Å². The topological polar surface area (TPSA) is 60.8 Å². The summed E-state index contributed by atoms with van der Waals surface area (Å²) in [7, 11) is 0. The molecule has 0 aromatic rings. The summed E-state index contributed by atoms with van der Waals surface area (Å²) in [5.74, 6) is 0.547. The second kappa shape index (κ2) is 4.75. The molecule has 4 heteroatoms. The quantitative estimate of drug-likeness (QED) is 0.675. The van der Waals surface area contributed by atoms with E-state index in [1.165, 1.54) is 4.90 Å². The van der Waals surface area contributed by atoms with E-state index in [0.29, 0.717) is 12.3 Å². The number of hydrogen-bond donors (Lipinski definition) is 2. The largest absolute Gasteiger partial charge is 0.388 e. The SMILES string of the molecule is CC(C)CCC(=O)N1CC(O)C(O)C1. The Morgan fingerprint density at radius 3 is 2.29 bits per heavy atom. The summed E-state index contributed by atoms with van der Waals surface area (Å²) >= 11 is 0. The summed E-state index contributed by atoms with van der Waals surface area (Å²) in [6.07, 6.45) is -0.158. The van der Waals surface area contributed by atoms with Crippen LogP contribution in [0.25, 0.3) is 0 Å². The van der Waals surface area contributed by atoms with Crippen LogP contribution in [0.2, 0.25) is 0 Å². The Labute approximate surface area is 84.5 Å². The van der Waals surface area contributed by atoms with Crippen LogP contribution < -0.4 is 0 Å². The first-order valence-electron chi connectivity index (χ1n) is 5.14. The maximum absolute atomic E-state index is 11.5. The average Bonchev–Trinajstić information content (AvgIpc) is 2.43. The Bertz CT molecular complexity index is 196. The van der Waals surface area contributed by atoms with E-state index in [-0.39, 0.29) is 19.0 Å². The predicted octanol–water partition coefficient (Wildman–Crippen LogP) is -0.0134. The van der Waals surface area contributed by atoms with Gasteiger partial charge in [0.05, 0.1) is 12.2 Å². The first kappa shape index (κ1) is 11.5. The van der Waals surface area contributed by atoms with Crippen molar-refractivity contribution in [3.8, 4) is 0 Å². The van der Waals surface area contributed by atoms with Gasteiger partial charge in [0.1, 0.15) is 0 Å². The molecule has 4 nitrogen and oxygen atoms in total. The van der Waals surface area contributed by atoms with E-state index in [9.17, 15) is 15.0 Å². The lowest BCUT2D eigenvalue weighted by atomic mass is 10.1. The summed E-state index contributed by atoms with van der Waals surface area (Å²) < 4.78 is 0. The third-order valence-electron chi connectivity index (χ3n) is 2.55. The van der Waals surface area contributed by atoms with E-state index >= 15 is 0 Å². The van der Waals surface area contributed by atoms with E-state index in [2.05, 4.69) is 13.8 Å². The molecule has 1 saturated heterocycles.